The van der Waals surface area contributed by atoms with Crippen molar-refractivity contribution in [2.45, 2.75) is 38.2 Å². The second kappa shape index (κ2) is 6.50. The fourth-order valence-electron chi connectivity index (χ4n) is 2.45. The van der Waals surface area contributed by atoms with E-state index in [2.05, 4.69) is 5.32 Å². The fourth-order valence-corrected chi connectivity index (χ4v) is 2.45. The van der Waals surface area contributed by atoms with Gasteiger partial charge in [-0.3, -0.25) is 4.79 Å². The second-order valence-corrected chi connectivity index (χ2v) is 6.48. The summed E-state index contributed by atoms with van der Waals surface area (Å²) in [6.45, 7) is 5.04. The fraction of sp³-hybridized carbons (Fsp3) is 0.316. The van der Waals surface area contributed by atoms with Gasteiger partial charge in [-0.25, -0.2) is 0 Å². The van der Waals surface area contributed by atoms with Crippen LogP contribution in [0.5, 0.6) is 0 Å². The van der Waals surface area contributed by atoms with Crippen molar-refractivity contribution in [2.75, 3.05) is 0 Å². The Labute approximate surface area is 143 Å². The largest absolute Gasteiger partial charge is 0.350 e. The third kappa shape index (κ3) is 3.52. The van der Waals surface area contributed by atoms with Crippen LogP contribution in [0.4, 0.5) is 17.6 Å². The van der Waals surface area contributed by atoms with Crippen molar-refractivity contribution in [1.82, 2.24) is 5.32 Å². The summed E-state index contributed by atoms with van der Waals surface area (Å²) in [5.41, 5.74) is -1.09. The smallest absolute Gasteiger partial charge is 0.339 e. The Morgan fingerprint density at radius 2 is 1.12 bits per heavy atom. The van der Waals surface area contributed by atoms with Crippen LogP contribution in [0.1, 0.15) is 36.1 Å². The zero-order valence-corrected chi connectivity index (χ0v) is 14.1. The summed E-state index contributed by atoms with van der Waals surface area (Å²) >= 11 is 0. The number of carbonyl (C=O) groups excluding carboxylic acids is 1. The van der Waals surface area contributed by atoms with Crippen molar-refractivity contribution >= 4 is 6.41 Å². The Morgan fingerprint density at radius 3 is 1.52 bits per heavy atom. The van der Waals surface area contributed by atoms with Crippen LogP contribution in [0.2, 0.25) is 0 Å². The molecule has 1 N–H and O–H groups in total. The number of amides is 1. The third-order valence-electron chi connectivity index (χ3n) is 4.20. The summed E-state index contributed by atoms with van der Waals surface area (Å²) in [5.74, 6) is -8.72. The summed E-state index contributed by atoms with van der Waals surface area (Å²) in [5, 5.41) is 2.54. The van der Waals surface area contributed by atoms with E-state index in [0.717, 1.165) is 24.3 Å². The average molecular weight is 353 g/mol. The van der Waals surface area contributed by atoms with Crippen LogP contribution in [0.3, 0.4) is 0 Å². The number of rotatable bonds is 6. The minimum atomic E-state index is -4.37. The van der Waals surface area contributed by atoms with Gasteiger partial charge in [-0.05, 0) is 26.3 Å². The molecule has 0 fully saturated rings. The SMILES string of the molecule is Cc1ccc(C(F)(F)C(F)(F)c2ccc(C(C)(C)NC=O)cc2)cc1. The molecular formula is C19H19F4NO. The first-order valence-electron chi connectivity index (χ1n) is 7.67. The molecule has 0 aromatic heterocycles. The van der Waals surface area contributed by atoms with E-state index >= 15 is 0 Å². The highest BCUT2D eigenvalue weighted by Crippen LogP contribution is 2.49. The molecule has 2 aromatic carbocycles. The lowest BCUT2D eigenvalue weighted by atomic mass is 9.90. The lowest BCUT2D eigenvalue weighted by Crippen LogP contribution is -2.37. The highest BCUT2D eigenvalue weighted by Gasteiger charge is 2.58. The number of nitrogens with one attached hydrogen (secondary N) is 1. The molecule has 0 heterocycles. The maximum atomic E-state index is 14.5. The molecule has 0 bridgehead atoms. The first-order valence-corrected chi connectivity index (χ1v) is 7.67. The van der Waals surface area contributed by atoms with Crippen molar-refractivity contribution in [3.63, 3.8) is 0 Å². The van der Waals surface area contributed by atoms with E-state index in [-0.39, 0.29) is 0 Å². The molecule has 0 spiro atoms. The number of alkyl halides is 4. The maximum absolute atomic E-state index is 14.5. The van der Waals surface area contributed by atoms with Crippen LogP contribution in [-0.2, 0) is 22.2 Å². The summed E-state index contributed by atoms with van der Waals surface area (Å²) in [6.07, 6.45) is 0.494. The standard InChI is InChI=1S/C19H19F4NO/c1-13-4-6-15(7-5-13)18(20,21)19(22,23)16-10-8-14(9-11-16)17(2,3)24-12-25/h4-12H,1-3H3,(H,24,25). The van der Waals surface area contributed by atoms with Gasteiger partial charge in [0.15, 0.2) is 0 Å². The van der Waals surface area contributed by atoms with Gasteiger partial charge in [0.2, 0.25) is 6.41 Å². The number of halogens is 4. The van der Waals surface area contributed by atoms with Crippen LogP contribution >= 0.6 is 0 Å². The molecule has 25 heavy (non-hydrogen) atoms. The van der Waals surface area contributed by atoms with E-state index in [4.69, 9.17) is 0 Å². The molecule has 2 nitrogen and oxygen atoms in total. The van der Waals surface area contributed by atoms with Gasteiger partial charge in [0.05, 0.1) is 5.54 Å². The first-order chi connectivity index (χ1) is 11.5. The van der Waals surface area contributed by atoms with Gasteiger partial charge in [-0.1, -0.05) is 54.1 Å². The Hall–Kier alpha value is -2.37. The molecule has 0 saturated carbocycles. The molecule has 2 rings (SSSR count). The normalized spacial score (nSPS) is 12.8. The van der Waals surface area contributed by atoms with E-state index in [1.807, 2.05) is 0 Å². The molecule has 0 unspecified atom stereocenters. The van der Waals surface area contributed by atoms with Crippen LogP contribution in [0.15, 0.2) is 48.5 Å². The Morgan fingerprint density at radius 1 is 0.760 bits per heavy atom. The van der Waals surface area contributed by atoms with E-state index < -0.39 is 28.5 Å². The molecule has 0 radical (unpaired) electrons. The van der Waals surface area contributed by atoms with Crippen LogP contribution in [0, 0.1) is 6.92 Å². The summed E-state index contributed by atoms with van der Waals surface area (Å²) in [7, 11) is 0. The highest BCUT2D eigenvalue weighted by molar-refractivity contribution is 5.49. The molecule has 0 atom stereocenters. The quantitative estimate of drug-likeness (QED) is 0.583. The summed E-state index contributed by atoms with van der Waals surface area (Å²) < 4.78 is 57.7. The van der Waals surface area contributed by atoms with Crippen molar-refractivity contribution in [3.8, 4) is 0 Å². The topological polar surface area (TPSA) is 29.1 Å². The summed E-state index contributed by atoms with van der Waals surface area (Å²) in [6, 6.07) is 9.31. The van der Waals surface area contributed by atoms with Gasteiger partial charge < -0.3 is 5.32 Å². The van der Waals surface area contributed by atoms with Crippen molar-refractivity contribution in [2.24, 2.45) is 0 Å². The lowest BCUT2D eigenvalue weighted by Gasteiger charge is -2.29. The van der Waals surface area contributed by atoms with Crippen molar-refractivity contribution in [1.29, 1.82) is 0 Å². The molecular weight excluding hydrogens is 334 g/mol. The molecule has 2 aromatic rings. The molecule has 0 aliphatic rings. The number of carbonyl (C=O) groups is 1. The second-order valence-electron chi connectivity index (χ2n) is 6.48. The van der Waals surface area contributed by atoms with E-state index in [0.29, 0.717) is 17.5 Å². The first kappa shape index (κ1) is 19.0. The minimum Gasteiger partial charge on any atom is -0.350 e. The number of benzene rings is 2. The van der Waals surface area contributed by atoms with Crippen LogP contribution in [-0.4, -0.2) is 6.41 Å². The van der Waals surface area contributed by atoms with Gasteiger partial charge in [0, 0.05) is 11.1 Å². The molecule has 0 aliphatic heterocycles. The Balaban J connectivity index is 2.38. The molecule has 0 saturated heterocycles. The van der Waals surface area contributed by atoms with Crippen molar-refractivity contribution in [3.05, 3.63) is 70.8 Å². The Bertz CT molecular complexity index is 737. The average Bonchev–Trinajstić information content (AvgIpc) is 2.55. The molecule has 0 aliphatic carbocycles. The Kier molecular flexibility index (Phi) is 4.93. The predicted octanol–water partition coefficient (Wildman–Crippen LogP) is 4.86. The lowest BCUT2D eigenvalue weighted by molar-refractivity contribution is -0.223. The minimum absolute atomic E-state index is 0.494. The van der Waals surface area contributed by atoms with E-state index in [9.17, 15) is 22.4 Å². The molecule has 134 valence electrons. The van der Waals surface area contributed by atoms with Gasteiger partial charge in [0.1, 0.15) is 0 Å². The number of aryl methyl sites for hydroxylation is 1. The van der Waals surface area contributed by atoms with Crippen LogP contribution in [0.25, 0.3) is 0 Å². The zero-order chi connectivity index (χ0) is 18.9. The van der Waals surface area contributed by atoms with Crippen molar-refractivity contribution < 1.29 is 22.4 Å². The van der Waals surface area contributed by atoms with E-state index in [1.165, 1.54) is 24.3 Å². The molecule has 6 heteroatoms. The third-order valence-corrected chi connectivity index (χ3v) is 4.20. The maximum Gasteiger partial charge on any atom is 0.339 e. The van der Waals surface area contributed by atoms with Gasteiger partial charge >= 0.3 is 11.8 Å². The monoisotopic (exact) mass is 353 g/mol. The van der Waals surface area contributed by atoms with Gasteiger partial charge in [0.25, 0.3) is 0 Å². The number of hydrogen-bond donors (Lipinski definition) is 1. The van der Waals surface area contributed by atoms with E-state index in [1.54, 1.807) is 20.8 Å². The predicted molar refractivity (Wildman–Crippen MR) is 87.6 cm³/mol. The number of hydrogen-bond acceptors (Lipinski definition) is 1. The van der Waals surface area contributed by atoms with Gasteiger partial charge in [-0.2, -0.15) is 17.6 Å². The zero-order valence-electron chi connectivity index (χ0n) is 14.1. The van der Waals surface area contributed by atoms with Crippen LogP contribution < -0.4 is 5.32 Å². The highest BCUT2D eigenvalue weighted by atomic mass is 19.3. The molecule has 1 amide bonds. The van der Waals surface area contributed by atoms with Gasteiger partial charge in [-0.15, -0.1) is 0 Å². The summed E-state index contributed by atoms with van der Waals surface area (Å²) in [4.78, 5) is 10.6.